The summed E-state index contributed by atoms with van der Waals surface area (Å²) in [5.74, 6) is -0.178. The summed E-state index contributed by atoms with van der Waals surface area (Å²) in [6.45, 7) is 2.88. The minimum absolute atomic E-state index is 0.143. The zero-order valence-corrected chi connectivity index (χ0v) is 14.8. The van der Waals surface area contributed by atoms with Gasteiger partial charge in [-0.05, 0) is 18.6 Å². The predicted molar refractivity (Wildman–Crippen MR) is 94.8 cm³/mol. The number of ether oxygens (including phenoxy) is 2. The van der Waals surface area contributed by atoms with Gasteiger partial charge in [-0.3, -0.25) is 4.79 Å². The number of hydrogen-bond donors (Lipinski definition) is 1. The monoisotopic (exact) mass is 357 g/mol. The average Bonchev–Trinajstić information content (AvgIpc) is 2.69. The highest BCUT2D eigenvalue weighted by Gasteiger charge is 2.38. The quantitative estimate of drug-likeness (QED) is 0.830. The standard InChI is InChI=1S/C19H23N3O4/c1-15-3-5-16(6-4-15)11-19(14-23)13-22(9-10-26-19)17(24)12-25-18-20-7-2-8-21-18/h2-8,23H,9-14H2,1H3/t19-/m0/s1. The van der Waals surface area contributed by atoms with E-state index in [-0.39, 0.29) is 25.1 Å². The largest absolute Gasteiger partial charge is 0.453 e. The topological polar surface area (TPSA) is 84.8 Å². The fourth-order valence-corrected chi connectivity index (χ4v) is 2.97. The second-order valence-electron chi connectivity index (χ2n) is 6.49. The number of benzene rings is 1. The van der Waals surface area contributed by atoms with E-state index in [4.69, 9.17) is 9.47 Å². The summed E-state index contributed by atoms with van der Waals surface area (Å²) in [6.07, 6.45) is 3.65. The van der Waals surface area contributed by atoms with Gasteiger partial charge in [-0.15, -0.1) is 0 Å². The van der Waals surface area contributed by atoms with Crippen molar-refractivity contribution < 1.29 is 19.4 Å². The second kappa shape index (κ2) is 8.25. The maximum absolute atomic E-state index is 12.5. The van der Waals surface area contributed by atoms with Crippen LogP contribution in [0.4, 0.5) is 0 Å². The Morgan fingerprint density at radius 1 is 1.31 bits per heavy atom. The van der Waals surface area contributed by atoms with Gasteiger partial charge in [0.2, 0.25) is 0 Å². The van der Waals surface area contributed by atoms with Crippen molar-refractivity contribution in [2.24, 2.45) is 0 Å². The lowest BCUT2D eigenvalue weighted by Crippen LogP contribution is -2.57. The van der Waals surface area contributed by atoms with Crippen molar-refractivity contribution in [3.63, 3.8) is 0 Å². The van der Waals surface area contributed by atoms with Crippen molar-refractivity contribution in [3.05, 3.63) is 53.9 Å². The van der Waals surface area contributed by atoms with E-state index in [1.165, 1.54) is 5.56 Å². The van der Waals surface area contributed by atoms with Crippen molar-refractivity contribution in [1.29, 1.82) is 0 Å². The van der Waals surface area contributed by atoms with Crippen molar-refractivity contribution in [1.82, 2.24) is 14.9 Å². The van der Waals surface area contributed by atoms with Crippen molar-refractivity contribution in [3.8, 4) is 6.01 Å². The van der Waals surface area contributed by atoms with Crippen molar-refractivity contribution in [2.75, 3.05) is 32.9 Å². The average molecular weight is 357 g/mol. The smallest absolute Gasteiger partial charge is 0.316 e. The molecule has 1 fully saturated rings. The lowest BCUT2D eigenvalue weighted by atomic mass is 9.92. The summed E-state index contributed by atoms with van der Waals surface area (Å²) < 4.78 is 11.2. The van der Waals surface area contributed by atoms with E-state index < -0.39 is 5.60 Å². The maximum atomic E-state index is 12.5. The van der Waals surface area contributed by atoms with Crippen LogP contribution in [0.15, 0.2) is 42.7 Å². The van der Waals surface area contributed by atoms with Gasteiger partial charge >= 0.3 is 6.01 Å². The summed E-state index contributed by atoms with van der Waals surface area (Å²) in [5, 5.41) is 9.95. The normalized spacial score (nSPS) is 20.0. The summed E-state index contributed by atoms with van der Waals surface area (Å²) in [4.78, 5) is 22.0. The van der Waals surface area contributed by atoms with Crippen LogP contribution in [0.2, 0.25) is 0 Å². The fraction of sp³-hybridized carbons (Fsp3) is 0.421. The first-order chi connectivity index (χ1) is 12.6. The first-order valence-corrected chi connectivity index (χ1v) is 8.58. The molecule has 1 saturated heterocycles. The van der Waals surface area contributed by atoms with Crippen LogP contribution in [0.1, 0.15) is 11.1 Å². The van der Waals surface area contributed by atoms with Gasteiger partial charge in [0.05, 0.1) is 19.8 Å². The van der Waals surface area contributed by atoms with Crippen LogP contribution in [0.5, 0.6) is 6.01 Å². The molecule has 2 aromatic rings. The number of carbonyl (C=O) groups excluding carboxylic acids is 1. The fourth-order valence-electron chi connectivity index (χ4n) is 2.97. The van der Waals surface area contributed by atoms with E-state index in [1.54, 1.807) is 23.4 Å². The van der Waals surface area contributed by atoms with Crippen LogP contribution in [-0.4, -0.2) is 64.4 Å². The Kier molecular flexibility index (Phi) is 5.80. The predicted octanol–water partition coefficient (Wildman–Crippen LogP) is 0.996. The molecular weight excluding hydrogens is 334 g/mol. The number of aliphatic hydroxyl groups is 1. The van der Waals surface area contributed by atoms with Gasteiger partial charge in [0.15, 0.2) is 6.61 Å². The minimum Gasteiger partial charge on any atom is -0.453 e. The highest BCUT2D eigenvalue weighted by atomic mass is 16.5. The van der Waals surface area contributed by atoms with Crippen LogP contribution in [0, 0.1) is 6.92 Å². The first-order valence-electron chi connectivity index (χ1n) is 8.58. The minimum atomic E-state index is -0.799. The number of hydrogen-bond acceptors (Lipinski definition) is 6. The maximum Gasteiger partial charge on any atom is 0.316 e. The Bertz CT molecular complexity index is 723. The molecule has 1 aromatic heterocycles. The molecule has 7 heteroatoms. The van der Waals surface area contributed by atoms with Crippen LogP contribution in [0.3, 0.4) is 0 Å². The van der Waals surface area contributed by atoms with Gasteiger partial charge < -0.3 is 19.5 Å². The molecule has 1 amide bonds. The summed E-state index contributed by atoms with van der Waals surface area (Å²) in [5.41, 5.74) is 1.44. The zero-order chi connectivity index (χ0) is 18.4. The van der Waals surface area contributed by atoms with Crippen LogP contribution in [0.25, 0.3) is 0 Å². The van der Waals surface area contributed by atoms with E-state index >= 15 is 0 Å². The highest BCUT2D eigenvalue weighted by molar-refractivity contribution is 5.77. The van der Waals surface area contributed by atoms with Gasteiger partial charge in [0.25, 0.3) is 5.91 Å². The molecular formula is C19H23N3O4. The molecule has 7 nitrogen and oxygen atoms in total. The van der Waals surface area contributed by atoms with Crippen molar-refractivity contribution in [2.45, 2.75) is 18.9 Å². The van der Waals surface area contributed by atoms with Crippen LogP contribution < -0.4 is 4.74 Å². The van der Waals surface area contributed by atoms with Gasteiger partial charge in [0.1, 0.15) is 5.60 Å². The molecule has 138 valence electrons. The highest BCUT2D eigenvalue weighted by Crippen LogP contribution is 2.23. The molecule has 2 heterocycles. The molecule has 0 bridgehead atoms. The molecule has 0 spiro atoms. The molecule has 0 radical (unpaired) electrons. The summed E-state index contributed by atoms with van der Waals surface area (Å²) in [6, 6.07) is 9.94. The first kappa shape index (κ1) is 18.3. The molecule has 0 saturated carbocycles. The number of aliphatic hydroxyl groups excluding tert-OH is 1. The third-order valence-electron chi connectivity index (χ3n) is 4.40. The van der Waals surface area contributed by atoms with Gasteiger partial charge in [-0.1, -0.05) is 29.8 Å². The second-order valence-corrected chi connectivity index (χ2v) is 6.49. The Morgan fingerprint density at radius 3 is 2.73 bits per heavy atom. The number of aromatic nitrogens is 2. The Balaban J connectivity index is 1.62. The lowest BCUT2D eigenvalue weighted by molar-refractivity contribution is -0.159. The van der Waals surface area contributed by atoms with E-state index in [2.05, 4.69) is 9.97 Å². The molecule has 1 aromatic carbocycles. The summed E-state index contributed by atoms with van der Waals surface area (Å²) in [7, 11) is 0. The lowest BCUT2D eigenvalue weighted by Gasteiger charge is -2.41. The molecule has 26 heavy (non-hydrogen) atoms. The third kappa shape index (κ3) is 4.56. The van der Waals surface area contributed by atoms with Crippen LogP contribution >= 0.6 is 0 Å². The number of amides is 1. The zero-order valence-electron chi connectivity index (χ0n) is 14.8. The SMILES string of the molecule is Cc1ccc(C[C@@]2(CO)CN(C(=O)COc3ncccn3)CCO2)cc1. The molecule has 0 aliphatic carbocycles. The number of morpholine rings is 1. The molecule has 3 rings (SSSR count). The van der Waals surface area contributed by atoms with Gasteiger partial charge in [-0.2, -0.15) is 0 Å². The molecule has 1 aliphatic rings. The Hall–Kier alpha value is -2.51. The van der Waals surface area contributed by atoms with E-state index in [9.17, 15) is 9.90 Å². The number of aryl methyl sites for hydroxylation is 1. The molecule has 1 atom stereocenters. The summed E-state index contributed by atoms with van der Waals surface area (Å²) >= 11 is 0. The van der Waals surface area contributed by atoms with E-state index in [0.717, 1.165) is 5.56 Å². The Morgan fingerprint density at radius 2 is 2.04 bits per heavy atom. The van der Waals surface area contributed by atoms with Gasteiger partial charge in [0, 0.05) is 25.4 Å². The molecule has 1 aliphatic heterocycles. The number of carbonyl (C=O) groups is 1. The van der Waals surface area contributed by atoms with Crippen molar-refractivity contribution >= 4 is 5.91 Å². The van der Waals surface area contributed by atoms with E-state index in [0.29, 0.717) is 26.1 Å². The van der Waals surface area contributed by atoms with Gasteiger partial charge in [-0.25, -0.2) is 9.97 Å². The van der Waals surface area contributed by atoms with Crippen LogP contribution in [-0.2, 0) is 16.0 Å². The Labute approximate surface area is 152 Å². The third-order valence-corrected chi connectivity index (χ3v) is 4.40. The number of nitrogens with zero attached hydrogens (tertiary/aromatic N) is 3. The van der Waals surface area contributed by atoms with E-state index in [1.807, 2.05) is 31.2 Å². The molecule has 0 unspecified atom stereocenters. The molecule has 1 N–H and O–H groups in total. The number of rotatable bonds is 6.